The Morgan fingerprint density at radius 1 is 1.15 bits per heavy atom. The molecule has 0 aliphatic rings. The van der Waals surface area contributed by atoms with Crippen LogP contribution in [-0.4, -0.2) is 12.4 Å². The molecule has 0 aliphatic carbocycles. The molecule has 0 atom stereocenters. The van der Waals surface area contributed by atoms with Gasteiger partial charge in [0.25, 0.3) is 0 Å². The summed E-state index contributed by atoms with van der Waals surface area (Å²) in [6.07, 6.45) is 0.701. The molecular weight excluding hydrogens is 272 g/mol. The molecule has 0 unspecified atom stereocenters. The summed E-state index contributed by atoms with van der Waals surface area (Å²) in [5, 5.41) is 0.684. The molecule has 0 spiro atoms. The summed E-state index contributed by atoms with van der Waals surface area (Å²) in [6.45, 7) is 4.18. The van der Waals surface area contributed by atoms with Gasteiger partial charge in [-0.1, -0.05) is 23.7 Å². The van der Waals surface area contributed by atoms with Gasteiger partial charge in [-0.05, 0) is 61.7 Å². The van der Waals surface area contributed by atoms with Crippen molar-refractivity contribution in [2.24, 2.45) is 0 Å². The van der Waals surface area contributed by atoms with E-state index in [-0.39, 0.29) is 5.78 Å². The van der Waals surface area contributed by atoms with Gasteiger partial charge in [-0.3, -0.25) is 4.79 Å². The SMILES string of the molecule is CCOc1ccc(Cc2cc(C(C)=O)ccc2Cl)cc1. The average Bonchev–Trinajstić information content (AvgIpc) is 2.43. The lowest BCUT2D eigenvalue weighted by Gasteiger charge is -2.08. The third-order valence-electron chi connectivity index (χ3n) is 3.08. The average molecular weight is 289 g/mol. The quantitative estimate of drug-likeness (QED) is 0.756. The van der Waals surface area contributed by atoms with E-state index in [9.17, 15) is 4.79 Å². The zero-order valence-electron chi connectivity index (χ0n) is 11.7. The molecule has 0 fully saturated rings. The maximum atomic E-state index is 11.4. The number of benzene rings is 2. The highest BCUT2D eigenvalue weighted by Gasteiger charge is 2.06. The van der Waals surface area contributed by atoms with Crippen molar-refractivity contribution in [2.45, 2.75) is 20.3 Å². The first-order valence-corrected chi connectivity index (χ1v) is 6.99. The Morgan fingerprint density at radius 2 is 1.85 bits per heavy atom. The largest absolute Gasteiger partial charge is 0.494 e. The summed E-state index contributed by atoms with van der Waals surface area (Å²) in [5.74, 6) is 0.912. The summed E-state index contributed by atoms with van der Waals surface area (Å²) < 4.78 is 5.41. The predicted molar refractivity (Wildman–Crippen MR) is 81.9 cm³/mol. The fraction of sp³-hybridized carbons (Fsp3) is 0.235. The number of carbonyl (C=O) groups excluding carboxylic acids is 1. The minimum atomic E-state index is 0.0506. The second-order valence-electron chi connectivity index (χ2n) is 4.62. The summed E-state index contributed by atoms with van der Waals surface area (Å²) in [7, 11) is 0. The Hall–Kier alpha value is -1.80. The van der Waals surface area contributed by atoms with Gasteiger partial charge in [-0.2, -0.15) is 0 Å². The summed E-state index contributed by atoms with van der Waals surface area (Å²) in [6, 6.07) is 13.3. The van der Waals surface area contributed by atoms with E-state index in [1.165, 1.54) is 0 Å². The number of halogens is 1. The van der Waals surface area contributed by atoms with Crippen molar-refractivity contribution < 1.29 is 9.53 Å². The van der Waals surface area contributed by atoms with Crippen LogP contribution in [0, 0.1) is 0 Å². The van der Waals surface area contributed by atoms with Crippen LogP contribution in [0.4, 0.5) is 0 Å². The molecule has 0 bridgehead atoms. The molecule has 3 heteroatoms. The number of ketones is 1. The van der Waals surface area contributed by atoms with Crippen LogP contribution in [0.1, 0.15) is 35.3 Å². The Kier molecular flexibility index (Phi) is 4.80. The van der Waals surface area contributed by atoms with Crippen molar-refractivity contribution in [1.29, 1.82) is 0 Å². The van der Waals surface area contributed by atoms with Gasteiger partial charge in [0.2, 0.25) is 0 Å². The van der Waals surface area contributed by atoms with E-state index < -0.39 is 0 Å². The molecule has 0 saturated carbocycles. The lowest BCUT2D eigenvalue weighted by atomic mass is 10.0. The molecular formula is C17H17ClO2. The van der Waals surface area contributed by atoms with Gasteiger partial charge in [-0.25, -0.2) is 0 Å². The van der Waals surface area contributed by atoms with Crippen LogP contribution in [0.5, 0.6) is 5.75 Å². The van der Waals surface area contributed by atoms with Crippen molar-refractivity contribution >= 4 is 17.4 Å². The highest BCUT2D eigenvalue weighted by molar-refractivity contribution is 6.31. The van der Waals surface area contributed by atoms with Crippen molar-refractivity contribution in [3.8, 4) is 5.75 Å². The van der Waals surface area contributed by atoms with Gasteiger partial charge in [-0.15, -0.1) is 0 Å². The third kappa shape index (κ3) is 3.61. The number of hydrogen-bond acceptors (Lipinski definition) is 2. The van der Waals surface area contributed by atoms with Gasteiger partial charge < -0.3 is 4.74 Å². The smallest absolute Gasteiger partial charge is 0.159 e. The van der Waals surface area contributed by atoms with Crippen LogP contribution in [0.25, 0.3) is 0 Å². The molecule has 0 N–H and O–H groups in total. The van der Waals surface area contributed by atoms with Crippen LogP contribution < -0.4 is 4.74 Å². The monoisotopic (exact) mass is 288 g/mol. The zero-order valence-corrected chi connectivity index (χ0v) is 12.4. The molecule has 0 aliphatic heterocycles. The van der Waals surface area contributed by atoms with Gasteiger partial charge >= 0.3 is 0 Å². The number of hydrogen-bond donors (Lipinski definition) is 0. The van der Waals surface area contributed by atoms with Crippen molar-refractivity contribution in [3.63, 3.8) is 0 Å². The van der Waals surface area contributed by atoms with Crippen LogP contribution >= 0.6 is 11.6 Å². The van der Waals surface area contributed by atoms with Crippen LogP contribution in [0.3, 0.4) is 0 Å². The van der Waals surface area contributed by atoms with Crippen LogP contribution in [0.2, 0.25) is 5.02 Å². The van der Waals surface area contributed by atoms with Crippen LogP contribution in [0.15, 0.2) is 42.5 Å². The minimum absolute atomic E-state index is 0.0506. The van der Waals surface area contributed by atoms with E-state index in [0.717, 1.165) is 16.9 Å². The second kappa shape index (κ2) is 6.58. The third-order valence-corrected chi connectivity index (χ3v) is 3.45. The summed E-state index contributed by atoms with van der Waals surface area (Å²) in [5.41, 5.74) is 2.79. The maximum Gasteiger partial charge on any atom is 0.159 e. The summed E-state index contributed by atoms with van der Waals surface area (Å²) in [4.78, 5) is 11.4. The Balaban J connectivity index is 2.20. The fourth-order valence-electron chi connectivity index (χ4n) is 2.02. The standard InChI is InChI=1S/C17H17ClO2/c1-3-20-16-7-4-13(5-8-16)10-15-11-14(12(2)19)6-9-17(15)18/h4-9,11H,3,10H2,1-2H3. The van der Waals surface area contributed by atoms with E-state index in [1.807, 2.05) is 37.3 Å². The maximum absolute atomic E-state index is 11.4. The van der Waals surface area contributed by atoms with Crippen molar-refractivity contribution in [3.05, 3.63) is 64.2 Å². The molecule has 2 aromatic carbocycles. The van der Waals surface area contributed by atoms with Crippen LogP contribution in [-0.2, 0) is 6.42 Å². The van der Waals surface area contributed by atoms with Gasteiger partial charge in [0.1, 0.15) is 5.75 Å². The molecule has 0 amide bonds. The molecule has 20 heavy (non-hydrogen) atoms. The lowest BCUT2D eigenvalue weighted by molar-refractivity contribution is 0.101. The first-order valence-electron chi connectivity index (χ1n) is 6.61. The lowest BCUT2D eigenvalue weighted by Crippen LogP contribution is -1.96. The van der Waals surface area contributed by atoms with Crippen molar-refractivity contribution in [2.75, 3.05) is 6.61 Å². The molecule has 2 aromatic rings. The second-order valence-corrected chi connectivity index (χ2v) is 5.02. The minimum Gasteiger partial charge on any atom is -0.494 e. The van der Waals surface area contributed by atoms with E-state index in [0.29, 0.717) is 23.6 Å². The van der Waals surface area contributed by atoms with Crippen molar-refractivity contribution in [1.82, 2.24) is 0 Å². The van der Waals surface area contributed by atoms with E-state index in [4.69, 9.17) is 16.3 Å². The van der Waals surface area contributed by atoms with Gasteiger partial charge in [0, 0.05) is 10.6 Å². The normalized spacial score (nSPS) is 10.3. The fourth-order valence-corrected chi connectivity index (χ4v) is 2.20. The molecule has 2 rings (SSSR count). The Bertz CT molecular complexity index is 603. The topological polar surface area (TPSA) is 26.3 Å². The molecule has 0 radical (unpaired) electrons. The number of ether oxygens (including phenoxy) is 1. The van der Waals surface area contributed by atoms with E-state index in [1.54, 1.807) is 19.1 Å². The molecule has 0 saturated heterocycles. The Labute approximate surface area is 124 Å². The first-order chi connectivity index (χ1) is 9.60. The number of carbonyl (C=O) groups is 1. The molecule has 0 aromatic heterocycles. The number of rotatable bonds is 5. The predicted octanol–water partition coefficient (Wildman–Crippen LogP) is 4.53. The summed E-state index contributed by atoms with van der Waals surface area (Å²) >= 11 is 6.20. The zero-order chi connectivity index (χ0) is 14.5. The Morgan fingerprint density at radius 3 is 2.45 bits per heavy atom. The van der Waals surface area contributed by atoms with Gasteiger partial charge in [0.15, 0.2) is 5.78 Å². The number of Topliss-reactive ketones (excluding diaryl/α,β-unsaturated/α-hetero) is 1. The molecule has 104 valence electrons. The van der Waals surface area contributed by atoms with E-state index >= 15 is 0 Å². The van der Waals surface area contributed by atoms with Gasteiger partial charge in [0.05, 0.1) is 6.61 Å². The first kappa shape index (κ1) is 14.6. The highest BCUT2D eigenvalue weighted by atomic mass is 35.5. The van der Waals surface area contributed by atoms with E-state index in [2.05, 4.69) is 0 Å². The molecule has 2 nitrogen and oxygen atoms in total. The molecule has 0 heterocycles. The highest BCUT2D eigenvalue weighted by Crippen LogP contribution is 2.22.